The monoisotopic (exact) mass is 320 g/mol. The van der Waals surface area contributed by atoms with Crippen LogP contribution in [0.5, 0.6) is 0 Å². The van der Waals surface area contributed by atoms with Crippen molar-refractivity contribution in [2.24, 2.45) is 0 Å². The fourth-order valence-electron chi connectivity index (χ4n) is 2.81. The number of hydrogen-bond donors (Lipinski definition) is 0. The summed E-state index contributed by atoms with van der Waals surface area (Å²) < 4.78 is 7.04. The smallest absolute Gasteiger partial charge is 0.0523 e. The predicted octanol–water partition coefficient (Wildman–Crippen LogP) is 5.70. The molecule has 0 spiro atoms. The first kappa shape index (κ1) is 12.3. The molecule has 2 nitrogen and oxygen atoms in total. The van der Waals surface area contributed by atoms with Gasteiger partial charge in [0.2, 0.25) is 0 Å². The van der Waals surface area contributed by atoms with Crippen molar-refractivity contribution in [3.63, 3.8) is 0 Å². The van der Waals surface area contributed by atoms with Crippen LogP contribution in [-0.2, 0) is 0 Å². The van der Waals surface area contributed by atoms with Gasteiger partial charge in [0.1, 0.15) is 0 Å². The number of thiophene rings is 2. The molecule has 5 rings (SSSR count). The summed E-state index contributed by atoms with van der Waals surface area (Å²) in [5, 5.41) is 6.88. The fourth-order valence-corrected chi connectivity index (χ4v) is 4.39. The summed E-state index contributed by atoms with van der Waals surface area (Å²) in [4.78, 5) is 0. The van der Waals surface area contributed by atoms with Gasteiger partial charge >= 0.3 is 0 Å². The lowest BCUT2D eigenvalue weighted by atomic mass is 10.3. The highest BCUT2D eigenvalue weighted by molar-refractivity contribution is 7.17. The summed E-state index contributed by atoms with van der Waals surface area (Å²) in [7, 11) is 0. The van der Waals surface area contributed by atoms with Crippen LogP contribution >= 0.6 is 22.7 Å². The van der Waals surface area contributed by atoms with E-state index in [1.54, 1.807) is 22.7 Å². The van der Waals surface area contributed by atoms with Crippen LogP contribution in [0.2, 0.25) is 0 Å². The van der Waals surface area contributed by atoms with Crippen LogP contribution in [0.1, 0.15) is 0 Å². The van der Waals surface area contributed by atoms with Crippen molar-refractivity contribution in [3.8, 4) is 11.4 Å². The molecule has 0 amide bonds. The lowest BCUT2D eigenvalue weighted by molar-refractivity contribution is 1.06. The highest BCUT2D eigenvalue weighted by Gasteiger charge is 2.04. The zero-order valence-electron chi connectivity index (χ0n) is 11.6. The summed E-state index contributed by atoms with van der Waals surface area (Å²) in [6.07, 6.45) is 8.76. The molecule has 0 aliphatic carbocycles. The summed E-state index contributed by atoms with van der Waals surface area (Å²) in [6, 6.07) is 13.0. The van der Waals surface area contributed by atoms with Crippen molar-refractivity contribution in [2.75, 3.05) is 0 Å². The molecule has 0 saturated heterocycles. The molecule has 22 heavy (non-hydrogen) atoms. The maximum absolute atomic E-state index is 2.20. The maximum Gasteiger partial charge on any atom is 0.0523 e. The zero-order valence-corrected chi connectivity index (χ0v) is 13.3. The number of hydrogen-bond acceptors (Lipinski definition) is 2. The molecule has 4 aromatic heterocycles. The van der Waals surface area contributed by atoms with E-state index in [2.05, 4.69) is 81.1 Å². The number of fused-ring (bicyclic) bond motifs is 2. The van der Waals surface area contributed by atoms with Crippen LogP contribution in [-0.4, -0.2) is 9.13 Å². The average molecular weight is 320 g/mol. The Kier molecular flexibility index (Phi) is 2.56. The molecule has 0 atom stereocenters. The molecule has 0 radical (unpaired) electrons. The van der Waals surface area contributed by atoms with E-state index < -0.39 is 0 Å². The van der Waals surface area contributed by atoms with Crippen molar-refractivity contribution in [3.05, 3.63) is 71.9 Å². The van der Waals surface area contributed by atoms with Gasteiger partial charge in [0, 0.05) is 46.9 Å². The SMILES string of the molecule is c1cc2cn(-c3ccc(-n4cc5ccsc5c4)cc3)cc2s1. The van der Waals surface area contributed by atoms with Crippen LogP contribution in [0.3, 0.4) is 0 Å². The molecule has 0 fully saturated rings. The van der Waals surface area contributed by atoms with Gasteiger partial charge in [-0.25, -0.2) is 0 Å². The van der Waals surface area contributed by atoms with E-state index in [1.807, 2.05) is 0 Å². The minimum atomic E-state index is 1.20. The number of rotatable bonds is 2. The Labute approximate surface area is 135 Å². The molecule has 0 aliphatic heterocycles. The molecule has 4 heterocycles. The molecular weight excluding hydrogens is 308 g/mol. The largest absolute Gasteiger partial charge is 0.322 e. The molecule has 1 aromatic carbocycles. The van der Waals surface area contributed by atoms with E-state index in [4.69, 9.17) is 0 Å². The first-order valence-corrected chi connectivity index (χ1v) is 8.84. The van der Waals surface area contributed by atoms with Gasteiger partial charge in [-0.2, -0.15) is 0 Å². The predicted molar refractivity (Wildman–Crippen MR) is 95.9 cm³/mol. The van der Waals surface area contributed by atoms with Crippen molar-refractivity contribution in [1.29, 1.82) is 0 Å². The summed E-state index contributed by atoms with van der Waals surface area (Å²) in [5.41, 5.74) is 2.39. The minimum Gasteiger partial charge on any atom is -0.322 e. The standard InChI is InChI=1S/C18H12N2S2/c1-2-16(20-10-14-6-8-22-18(14)12-20)4-3-15(1)19-9-13-5-7-21-17(13)11-19/h1-12H. The molecule has 0 unspecified atom stereocenters. The van der Waals surface area contributed by atoms with Gasteiger partial charge in [-0.3, -0.25) is 0 Å². The van der Waals surface area contributed by atoms with Gasteiger partial charge in [0.25, 0.3) is 0 Å². The fraction of sp³-hybridized carbons (Fsp3) is 0. The molecule has 106 valence electrons. The van der Waals surface area contributed by atoms with E-state index >= 15 is 0 Å². The summed E-state index contributed by atoms with van der Waals surface area (Å²) in [5.74, 6) is 0. The Morgan fingerprint density at radius 2 is 1.00 bits per heavy atom. The van der Waals surface area contributed by atoms with Gasteiger partial charge < -0.3 is 9.13 Å². The van der Waals surface area contributed by atoms with E-state index in [0.717, 1.165) is 0 Å². The second-order valence-electron chi connectivity index (χ2n) is 5.33. The third-order valence-corrected chi connectivity index (χ3v) is 5.70. The van der Waals surface area contributed by atoms with E-state index in [9.17, 15) is 0 Å². The topological polar surface area (TPSA) is 9.86 Å². The second kappa shape index (κ2) is 4.60. The molecular formula is C18H12N2S2. The van der Waals surface area contributed by atoms with Crippen LogP contribution in [0.25, 0.3) is 31.5 Å². The molecule has 0 saturated carbocycles. The maximum atomic E-state index is 2.20. The van der Waals surface area contributed by atoms with Gasteiger partial charge in [-0.15, -0.1) is 22.7 Å². The lowest BCUT2D eigenvalue weighted by Gasteiger charge is -2.06. The normalized spacial score (nSPS) is 11.6. The van der Waals surface area contributed by atoms with E-state index in [0.29, 0.717) is 0 Å². The summed E-state index contributed by atoms with van der Waals surface area (Å²) >= 11 is 3.56. The second-order valence-corrected chi connectivity index (χ2v) is 7.22. The Hall–Kier alpha value is -2.30. The zero-order chi connectivity index (χ0) is 14.5. The first-order chi connectivity index (χ1) is 10.9. The number of nitrogens with zero attached hydrogens (tertiary/aromatic N) is 2. The van der Waals surface area contributed by atoms with E-state index in [-0.39, 0.29) is 0 Å². The van der Waals surface area contributed by atoms with Crippen molar-refractivity contribution in [2.45, 2.75) is 0 Å². The number of aromatic nitrogens is 2. The van der Waals surface area contributed by atoms with Crippen molar-refractivity contribution < 1.29 is 0 Å². The van der Waals surface area contributed by atoms with E-state index in [1.165, 1.54) is 31.5 Å². The lowest BCUT2D eigenvalue weighted by Crippen LogP contribution is -1.92. The molecule has 0 aliphatic rings. The van der Waals surface area contributed by atoms with Crippen LogP contribution < -0.4 is 0 Å². The Balaban J connectivity index is 1.54. The third kappa shape index (κ3) is 1.85. The van der Waals surface area contributed by atoms with Gasteiger partial charge in [-0.1, -0.05) is 0 Å². The Bertz CT molecular complexity index is 929. The quantitative estimate of drug-likeness (QED) is 0.395. The third-order valence-electron chi connectivity index (χ3n) is 3.97. The van der Waals surface area contributed by atoms with Crippen LogP contribution in [0, 0.1) is 0 Å². The Morgan fingerprint density at radius 1 is 0.545 bits per heavy atom. The van der Waals surface area contributed by atoms with Crippen LogP contribution in [0.4, 0.5) is 0 Å². The minimum absolute atomic E-state index is 1.20. The van der Waals surface area contributed by atoms with Crippen molar-refractivity contribution >= 4 is 42.8 Å². The van der Waals surface area contributed by atoms with Crippen molar-refractivity contribution in [1.82, 2.24) is 9.13 Å². The summed E-state index contributed by atoms with van der Waals surface area (Å²) in [6.45, 7) is 0. The average Bonchev–Trinajstić information content (AvgIpc) is 3.26. The highest BCUT2D eigenvalue weighted by atomic mass is 32.1. The molecule has 0 N–H and O–H groups in total. The molecule has 5 aromatic rings. The van der Waals surface area contributed by atoms with Gasteiger partial charge in [-0.05, 0) is 47.2 Å². The van der Waals surface area contributed by atoms with Crippen LogP contribution in [0.15, 0.2) is 71.9 Å². The molecule has 0 bridgehead atoms. The van der Waals surface area contributed by atoms with Gasteiger partial charge in [0.05, 0.1) is 9.40 Å². The number of benzene rings is 1. The molecule has 4 heteroatoms. The van der Waals surface area contributed by atoms with Gasteiger partial charge in [0.15, 0.2) is 0 Å². The Morgan fingerprint density at radius 3 is 1.41 bits per heavy atom. The first-order valence-electron chi connectivity index (χ1n) is 7.08. The highest BCUT2D eigenvalue weighted by Crippen LogP contribution is 2.26.